The highest BCUT2D eigenvalue weighted by molar-refractivity contribution is 7.89. The van der Waals surface area contributed by atoms with E-state index in [4.69, 9.17) is 16.7 Å². The van der Waals surface area contributed by atoms with Crippen molar-refractivity contribution in [3.63, 3.8) is 0 Å². The number of nitro benzene ring substituents is 1. The molecule has 0 saturated carbocycles. The highest BCUT2D eigenvalue weighted by Gasteiger charge is 2.30. The molecule has 0 amide bonds. The van der Waals surface area contributed by atoms with E-state index in [1.807, 2.05) is 11.0 Å². The summed E-state index contributed by atoms with van der Waals surface area (Å²) in [7, 11) is -4.20. The lowest BCUT2D eigenvalue weighted by Crippen LogP contribution is -2.47. The van der Waals surface area contributed by atoms with Crippen LogP contribution in [0.3, 0.4) is 0 Å². The number of sulfonamides is 1. The summed E-state index contributed by atoms with van der Waals surface area (Å²) >= 11 is 5.84. The maximum atomic E-state index is 11.7. The lowest BCUT2D eigenvalue weighted by Gasteiger charge is -2.36. The number of primary sulfonamides is 1. The highest BCUT2D eigenvalue weighted by Crippen LogP contribution is 2.34. The second-order valence-electron chi connectivity index (χ2n) is 5.73. The fraction of sp³-hybridized carbons (Fsp3) is 0.267. The van der Waals surface area contributed by atoms with Gasteiger partial charge in [-0.15, -0.1) is 0 Å². The second kappa shape index (κ2) is 7.06. The molecule has 1 aliphatic heterocycles. The van der Waals surface area contributed by atoms with Gasteiger partial charge in [0.25, 0.3) is 0 Å². The minimum atomic E-state index is -4.20. The molecule has 1 aliphatic rings. The minimum absolute atomic E-state index is 0.241. The van der Waals surface area contributed by atoms with E-state index in [2.05, 4.69) is 4.98 Å². The number of hydrogen-bond acceptors (Lipinski definition) is 7. The van der Waals surface area contributed by atoms with Crippen molar-refractivity contribution in [1.29, 1.82) is 0 Å². The van der Waals surface area contributed by atoms with Gasteiger partial charge in [0.2, 0.25) is 10.0 Å². The van der Waals surface area contributed by atoms with Crippen molar-refractivity contribution in [2.45, 2.75) is 4.90 Å². The summed E-state index contributed by atoms with van der Waals surface area (Å²) in [5.74, 6) is 0.766. The molecule has 138 valence electrons. The summed E-state index contributed by atoms with van der Waals surface area (Å²) in [6.45, 7) is 2.09. The molecule has 3 rings (SSSR count). The maximum Gasteiger partial charge on any atom is 0.312 e. The first-order valence-corrected chi connectivity index (χ1v) is 9.61. The maximum absolute atomic E-state index is 11.7. The Morgan fingerprint density at radius 2 is 1.77 bits per heavy atom. The van der Waals surface area contributed by atoms with Crippen LogP contribution >= 0.6 is 11.6 Å². The number of aromatic nitrogens is 1. The van der Waals surface area contributed by atoms with Gasteiger partial charge in [-0.1, -0.05) is 17.7 Å². The monoisotopic (exact) mass is 397 g/mol. The Bertz CT molecular complexity index is 928. The van der Waals surface area contributed by atoms with Gasteiger partial charge in [-0.05, 0) is 24.3 Å². The number of pyridine rings is 1. The van der Waals surface area contributed by atoms with Gasteiger partial charge in [-0.3, -0.25) is 10.1 Å². The molecule has 1 aromatic heterocycles. The van der Waals surface area contributed by atoms with Crippen molar-refractivity contribution in [2.75, 3.05) is 36.0 Å². The van der Waals surface area contributed by atoms with Crippen LogP contribution < -0.4 is 14.9 Å². The van der Waals surface area contributed by atoms with Gasteiger partial charge < -0.3 is 9.80 Å². The summed E-state index contributed by atoms with van der Waals surface area (Å²) in [6.07, 6.45) is 1.56. The van der Waals surface area contributed by atoms with E-state index in [9.17, 15) is 18.5 Å². The van der Waals surface area contributed by atoms with Gasteiger partial charge in [0, 0.05) is 32.4 Å². The molecule has 0 aliphatic carbocycles. The second-order valence-corrected chi connectivity index (χ2v) is 7.70. The summed E-state index contributed by atoms with van der Waals surface area (Å²) in [5, 5.41) is 17.1. The molecule has 9 nitrogen and oxygen atoms in total. The van der Waals surface area contributed by atoms with Crippen molar-refractivity contribution in [3.05, 3.63) is 51.7 Å². The van der Waals surface area contributed by atoms with Gasteiger partial charge in [-0.2, -0.15) is 0 Å². The molecular formula is C15H16ClN5O4S. The third-order valence-corrected chi connectivity index (χ3v) is 5.29. The van der Waals surface area contributed by atoms with Gasteiger partial charge in [-0.25, -0.2) is 18.5 Å². The predicted molar refractivity (Wildman–Crippen MR) is 98.1 cm³/mol. The van der Waals surface area contributed by atoms with Crippen molar-refractivity contribution >= 4 is 38.8 Å². The lowest BCUT2D eigenvalue weighted by atomic mass is 10.2. The Kier molecular flexibility index (Phi) is 4.99. The van der Waals surface area contributed by atoms with Gasteiger partial charge in [0.15, 0.2) is 4.90 Å². The number of rotatable bonds is 4. The number of anilines is 2. The SMILES string of the molecule is NS(=O)(=O)c1cccc(N2CCN(c3ccc(Cl)cn3)CC2)c1[N+](=O)[O-]. The number of para-hydroxylation sites is 1. The zero-order valence-corrected chi connectivity index (χ0v) is 15.2. The fourth-order valence-corrected chi connectivity index (χ4v) is 3.74. The Morgan fingerprint density at radius 3 is 2.31 bits per heavy atom. The molecule has 2 aromatic rings. The van der Waals surface area contributed by atoms with Gasteiger partial charge in [0.05, 0.1) is 9.95 Å². The summed E-state index contributed by atoms with van der Waals surface area (Å²) in [4.78, 5) is 18.4. The van der Waals surface area contributed by atoms with Crippen molar-refractivity contribution in [3.8, 4) is 0 Å². The van der Waals surface area contributed by atoms with Crippen LogP contribution in [-0.2, 0) is 10.0 Å². The lowest BCUT2D eigenvalue weighted by molar-refractivity contribution is -0.387. The quantitative estimate of drug-likeness (QED) is 0.614. The normalized spacial score (nSPS) is 15.2. The van der Waals surface area contributed by atoms with Crippen LogP contribution in [0.1, 0.15) is 0 Å². The number of benzene rings is 1. The molecule has 0 bridgehead atoms. The number of hydrogen-bond donors (Lipinski definition) is 1. The molecule has 1 aromatic carbocycles. The summed E-state index contributed by atoms with van der Waals surface area (Å²) in [6, 6.07) is 7.68. The molecule has 2 heterocycles. The molecule has 0 radical (unpaired) electrons. The molecule has 26 heavy (non-hydrogen) atoms. The Hall–Kier alpha value is -2.43. The molecular weight excluding hydrogens is 382 g/mol. The molecule has 1 fully saturated rings. The number of nitrogens with two attached hydrogens (primary N) is 1. The van der Waals surface area contributed by atoms with Gasteiger partial charge >= 0.3 is 5.69 Å². The average molecular weight is 398 g/mol. The van der Waals surface area contributed by atoms with Crippen LogP contribution in [0, 0.1) is 10.1 Å². The third-order valence-electron chi connectivity index (χ3n) is 4.12. The van der Waals surface area contributed by atoms with Crippen LogP contribution in [0.25, 0.3) is 0 Å². The molecule has 0 atom stereocenters. The molecule has 0 unspecified atom stereocenters. The topological polar surface area (TPSA) is 123 Å². The van der Waals surface area contributed by atoms with Crippen molar-refractivity contribution in [2.24, 2.45) is 5.14 Å². The number of piperazine rings is 1. The van der Waals surface area contributed by atoms with Crippen LogP contribution in [0.2, 0.25) is 5.02 Å². The summed E-state index contributed by atoms with van der Waals surface area (Å²) < 4.78 is 23.4. The zero-order chi connectivity index (χ0) is 18.9. The average Bonchev–Trinajstić information content (AvgIpc) is 2.61. The summed E-state index contributed by atoms with van der Waals surface area (Å²) in [5.41, 5.74) is -0.252. The van der Waals surface area contributed by atoms with E-state index in [0.29, 0.717) is 31.2 Å². The molecule has 0 spiro atoms. The number of nitro groups is 1. The Labute approximate surface area is 155 Å². The van der Waals surface area contributed by atoms with E-state index in [1.54, 1.807) is 17.2 Å². The Balaban J connectivity index is 1.85. The zero-order valence-electron chi connectivity index (χ0n) is 13.6. The predicted octanol–water partition coefficient (Wildman–Crippen LogP) is 1.62. The molecule has 11 heteroatoms. The largest absolute Gasteiger partial charge is 0.362 e. The van der Waals surface area contributed by atoms with Gasteiger partial charge in [0.1, 0.15) is 11.5 Å². The first-order valence-electron chi connectivity index (χ1n) is 7.69. The van der Waals surface area contributed by atoms with E-state index < -0.39 is 25.5 Å². The van der Waals surface area contributed by atoms with Crippen LogP contribution in [-0.4, -0.2) is 44.5 Å². The molecule has 1 saturated heterocycles. The first-order chi connectivity index (χ1) is 12.3. The molecule has 2 N–H and O–H groups in total. The van der Waals surface area contributed by atoms with Crippen molar-refractivity contribution < 1.29 is 13.3 Å². The smallest absolute Gasteiger partial charge is 0.312 e. The number of halogens is 1. The highest BCUT2D eigenvalue weighted by atomic mass is 35.5. The fourth-order valence-electron chi connectivity index (χ4n) is 2.91. The van der Waals surface area contributed by atoms with E-state index in [0.717, 1.165) is 11.9 Å². The van der Waals surface area contributed by atoms with E-state index >= 15 is 0 Å². The standard InChI is InChI=1S/C15H16ClN5O4S/c16-11-4-5-14(18-10-11)20-8-6-19(7-9-20)12-2-1-3-13(26(17,24)25)15(12)21(22)23/h1-5,10H,6-9H2,(H2,17,24,25). The Morgan fingerprint density at radius 1 is 1.12 bits per heavy atom. The van der Waals surface area contributed by atoms with E-state index in [-0.39, 0.29) is 5.69 Å². The number of nitrogens with zero attached hydrogens (tertiary/aromatic N) is 4. The van der Waals surface area contributed by atoms with E-state index in [1.165, 1.54) is 12.1 Å². The van der Waals surface area contributed by atoms with Crippen LogP contribution in [0.15, 0.2) is 41.4 Å². The third kappa shape index (κ3) is 3.71. The van der Waals surface area contributed by atoms with Crippen LogP contribution in [0.5, 0.6) is 0 Å². The van der Waals surface area contributed by atoms with Crippen molar-refractivity contribution in [1.82, 2.24) is 4.98 Å². The first kappa shape index (κ1) is 18.4. The minimum Gasteiger partial charge on any atom is -0.362 e. The van der Waals surface area contributed by atoms with Crippen LogP contribution in [0.4, 0.5) is 17.2 Å².